The first-order valence-corrected chi connectivity index (χ1v) is 11.2. The molecule has 6 rings (SSSR count). The van der Waals surface area contributed by atoms with Crippen LogP contribution in [0.25, 0.3) is 17.0 Å². The predicted octanol–water partition coefficient (Wildman–Crippen LogP) is 6.10. The van der Waals surface area contributed by atoms with Crippen LogP contribution in [-0.4, -0.2) is 18.5 Å². The summed E-state index contributed by atoms with van der Waals surface area (Å²) in [6.07, 6.45) is 1.60. The van der Waals surface area contributed by atoms with Crippen LogP contribution in [0.3, 0.4) is 0 Å². The Morgan fingerprint density at radius 3 is 2.83 bits per heavy atom. The highest BCUT2D eigenvalue weighted by atomic mass is 35.5. The van der Waals surface area contributed by atoms with Crippen LogP contribution in [0.15, 0.2) is 64.8 Å². The maximum atomic E-state index is 13.1. The summed E-state index contributed by atoms with van der Waals surface area (Å²) in [4.78, 5) is 25.8. The fraction of sp³-hybridized carbons (Fsp3) is 0.111. The molecule has 3 heterocycles. The number of carbonyl (C=O) groups is 2. The molecule has 0 bridgehead atoms. The van der Waals surface area contributed by atoms with Gasteiger partial charge in [0.1, 0.15) is 22.8 Å². The van der Waals surface area contributed by atoms with E-state index in [1.165, 1.54) is 6.07 Å². The number of rotatable bonds is 3. The first kappa shape index (κ1) is 21.5. The Hall–Kier alpha value is -4.07. The zero-order valence-electron chi connectivity index (χ0n) is 18.4. The van der Waals surface area contributed by atoms with E-state index in [4.69, 9.17) is 35.0 Å². The van der Waals surface area contributed by atoms with Crippen molar-refractivity contribution in [1.82, 2.24) is 0 Å². The molecule has 174 valence electrons. The number of allylic oxidation sites excluding steroid dienone is 1. The molecule has 2 aliphatic heterocycles. The van der Waals surface area contributed by atoms with Crippen molar-refractivity contribution < 1.29 is 33.0 Å². The Balaban J connectivity index is 1.30. The number of ether oxygens (including phenoxy) is 4. The molecule has 0 aliphatic carbocycles. The van der Waals surface area contributed by atoms with Gasteiger partial charge in [-0.25, -0.2) is 4.79 Å². The summed E-state index contributed by atoms with van der Waals surface area (Å²) in [6, 6.07) is 15.5. The highest BCUT2D eigenvalue weighted by molar-refractivity contribution is 6.31. The first-order chi connectivity index (χ1) is 17.0. The van der Waals surface area contributed by atoms with Crippen molar-refractivity contribution in [1.29, 1.82) is 0 Å². The molecule has 0 spiro atoms. The number of halogens is 1. The van der Waals surface area contributed by atoms with E-state index in [9.17, 15) is 9.59 Å². The topological polar surface area (TPSA) is 84.2 Å². The average molecular weight is 489 g/mol. The third kappa shape index (κ3) is 3.84. The fourth-order valence-corrected chi connectivity index (χ4v) is 4.48. The Morgan fingerprint density at radius 1 is 1.11 bits per heavy atom. The number of hydrogen-bond donors (Lipinski definition) is 0. The van der Waals surface area contributed by atoms with E-state index in [0.717, 1.165) is 10.9 Å². The Kier molecular flexibility index (Phi) is 5.09. The lowest BCUT2D eigenvalue weighted by Gasteiger charge is -2.20. The van der Waals surface area contributed by atoms with Crippen molar-refractivity contribution in [2.45, 2.75) is 13.5 Å². The predicted molar refractivity (Wildman–Crippen MR) is 127 cm³/mol. The standard InChI is InChI=1S/C27H17ClO7/c1-14-6-19(33-27(30)23-9-15-4-2-3-5-20(15)34-23)11-21-24(14)25(29)22(35-21)10-16-7-18(28)8-17-12-31-13-32-26(16)17/h2-11H,12-13H2,1H3/b22-10-. The van der Waals surface area contributed by atoms with Gasteiger partial charge in [-0.05, 0) is 48.9 Å². The van der Waals surface area contributed by atoms with E-state index < -0.39 is 5.97 Å². The van der Waals surface area contributed by atoms with Crippen LogP contribution in [0, 0.1) is 6.92 Å². The number of fused-ring (bicyclic) bond motifs is 3. The molecule has 4 aromatic rings. The molecule has 0 fully saturated rings. The van der Waals surface area contributed by atoms with Gasteiger partial charge in [0.05, 0.1) is 12.2 Å². The third-order valence-electron chi connectivity index (χ3n) is 5.77. The summed E-state index contributed by atoms with van der Waals surface area (Å²) in [5, 5.41) is 1.29. The van der Waals surface area contributed by atoms with Crippen LogP contribution in [0.5, 0.6) is 17.2 Å². The zero-order chi connectivity index (χ0) is 24.1. The van der Waals surface area contributed by atoms with Gasteiger partial charge < -0.3 is 23.4 Å². The number of aryl methyl sites for hydroxylation is 1. The van der Waals surface area contributed by atoms with E-state index in [1.54, 1.807) is 43.3 Å². The molecule has 8 heteroatoms. The summed E-state index contributed by atoms with van der Waals surface area (Å²) in [6.45, 7) is 2.22. The number of esters is 1. The Morgan fingerprint density at radius 2 is 1.97 bits per heavy atom. The quantitative estimate of drug-likeness (QED) is 0.196. The van der Waals surface area contributed by atoms with Gasteiger partial charge in [-0.2, -0.15) is 0 Å². The molecule has 1 aromatic heterocycles. The van der Waals surface area contributed by atoms with Gasteiger partial charge in [0.15, 0.2) is 12.6 Å². The van der Waals surface area contributed by atoms with Crippen LogP contribution < -0.4 is 14.2 Å². The van der Waals surface area contributed by atoms with Gasteiger partial charge in [-0.15, -0.1) is 0 Å². The monoisotopic (exact) mass is 488 g/mol. The average Bonchev–Trinajstić information content (AvgIpc) is 3.40. The van der Waals surface area contributed by atoms with Gasteiger partial charge in [-0.3, -0.25) is 4.79 Å². The van der Waals surface area contributed by atoms with Crippen LogP contribution in [0.2, 0.25) is 5.02 Å². The van der Waals surface area contributed by atoms with E-state index in [2.05, 4.69) is 0 Å². The maximum absolute atomic E-state index is 13.1. The molecule has 0 amide bonds. The molecule has 0 saturated carbocycles. The number of furan rings is 1. The fourth-order valence-electron chi connectivity index (χ4n) is 4.23. The second-order valence-electron chi connectivity index (χ2n) is 8.18. The van der Waals surface area contributed by atoms with Gasteiger partial charge in [0.2, 0.25) is 11.5 Å². The number of carbonyl (C=O) groups excluding carboxylic acids is 2. The molecule has 0 unspecified atom stereocenters. The lowest BCUT2D eigenvalue weighted by Crippen LogP contribution is -2.12. The minimum Gasteiger partial charge on any atom is -0.467 e. The van der Waals surface area contributed by atoms with Crippen LogP contribution in [0.1, 0.15) is 37.6 Å². The summed E-state index contributed by atoms with van der Waals surface area (Å²) in [5.74, 6) is 0.395. The van der Waals surface area contributed by atoms with Crippen molar-refractivity contribution in [2.24, 2.45) is 0 Å². The highest BCUT2D eigenvalue weighted by Gasteiger charge is 2.31. The second-order valence-corrected chi connectivity index (χ2v) is 8.62. The largest absolute Gasteiger partial charge is 0.467 e. The van der Waals surface area contributed by atoms with E-state index in [0.29, 0.717) is 45.4 Å². The maximum Gasteiger partial charge on any atom is 0.379 e. The van der Waals surface area contributed by atoms with Crippen LogP contribution in [-0.2, 0) is 11.3 Å². The molecule has 0 saturated heterocycles. The van der Waals surface area contributed by atoms with Crippen molar-refractivity contribution in [3.8, 4) is 17.2 Å². The van der Waals surface area contributed by atoms with Gasteiger partial charge in [-0.1, -0.05) is 29.8 Å². The highest BCUT2D eigenvalue weighted by Crippen LogP contribution is 2.40. The van der Waals surface area contributed by atoms with E-state index in [-0.39, 0.29) is 29.8 Å². The lowest BCUT2D eigenvalue weighted by atomic mass is 10.0. The molecular formula is C27H17ClO7. The van der Waals surface area contributed by atoms with Crippen LogP contribution in [0.4, 0.5) is 0 Å². The Labute approximate surface area is 204 Å². The first-order valence-electron chi connectivity index (χ1n) is 10.8. The molecular weight excluding hydrogens is 472 g/mol. The summed E-state index contributed by atoms with van der Waals surface area (Å²) in [5.41, 5.74) is 3.00. The van der Waals surface area contributed by atoms with Crippen LogP contribution >= 0.6 is 11.6 Å². The minimum atomic E-state index is -0.648. The normalized spacial score (nSPS) is 15.5. The van der Waals surface area contributed by atoms with Gasteiger partial charge >= 0.3 is 5.97 Å². The molecule has 35 heavy (non-hydrogen) atoms. The molecule has 0 radical (unpaired) electrons. The van der Waals surface area contributed by atoms with Crippen molar-refractivity contribution in [3.05, 3.63) is 93.4 Å². The molecule has 0 N–H and O–H groups in total. The van der Waals surface area contributed by atoms with Crippen molar-refractivity contribution in [3.63, 3.8) is 0 Å². The second kappa shape index (κ2) is 8.30. The van der Waals surface area contributed by atoms with Crippen molar-refractivity contribution >= 4 is 40.4 Å². The number of hydrogen-bond acceptors (Lipinski definition) is 7. The Bertz CT molecular complexity index is 1530. The SMILES string of the molecule is Cc1cc(OC(=O)c2cc3ccccc3o2)cc2c1C(=O)/C(=C/c1cc(Cl)cc3c1OCOC3)O2. The number of benzene rings is 3. The summed E-state index contributed by atoms with van der Waals surface area (Å²) < 4.78 is 27.9. The number of Topliss-reactive ketones (excluding diaryl/α,β-unsaturated/α-hetero) is 1. The third-order valence-corrected chi connectivity index (χ3v) is 5.99. The number of ketones is 1. The van der Waals surface area contributed by atoms with E-state index in [1.807, 2.05) is 18.2 Å². The van der Waals surface area contributed by atoms with E-state index >= 15 is 0 Å². The molecule has 0 atom stereocenters. The molecule has 3 aromatic carbocycles. The zero-order valence-corrected chi connectivity index (χ0v) is 19.2. The number of para-hydroxylation sites is 1. The smallest absolute Gasteiger partial charge is 0.379 e. The minimum absolute atomic E-state index is 0.0802. The van der Waals surface area contributed by atoms with Gasteiger partial charge in [0.25, 0.3) is 0 Å². The molecule has 2 aliphatic rings. The van der Waals surface area contributed by atoms with Gasteiger partial charge in [0, 0.05) is 27.6 Å². The molecule has 7 nitrogen and oxygen atoms in total. The summed E-state index contributed by atoms with van der Waals surface area (Å²) in [7, 11) is 0. The van der Waals surface area contributed by atoms with Crippen molar-refractivity contribution in [2.75, 3.05) is 6.79 Å². The summed E-state index contributed by atoms with van der Waals surface area (Å²) >= 11 is 6.24. The lowest BCUT2D eigenvalue weighted by molar-refractivity contribution is -0.0165.